The lowest BCUT2D eigenvalue weighted by atomic mass is 9.87. The second-order valence-corrected chi connectivity index (χ2v) is 3.91. The van der Waals surface area contributed by atoms with Gasteiger partial charge in [-0.1, -0.05) is 0 Å². The standard InChI is InChI=1S/C11H11F3O2/c1-6-11(15,4-5-16-6)7-2-3-8(12)10(14)9(7)13/h2-3,6,15H,4-5H2,1H3. The molecule has 2 unspecified atom stereocenters. The van der Waals surface area contributed by atoms with Crippen molar-refractivity contribution in [3.63, 3.8) is 0 Å². The molecule has 2 nitrogen and oxygen atoms in total. The normalized spacial score (nSPS) is 29.7. The largest absolute Gasteiger partial charge is 0.382 e. The van der Waals surface area contributed by atoms with E-state index in [2.05, 4.69) is 0 Å². The van der Waals surface area contributed by atoms with Gasteiger partial charge in [0.1, 0.15) is 5.60 Å². The molecular formula is C11H11F3O2. The predicted molar refractivity (Wildman–Crippen MR) is 50.2 cm³/mol. The van der Waals surface area contributed by atoms with E-state index in [1.807, 2.05) is 0 Å². The summed E-state index contributed by atoms with van der Waals surface area (Å²) in [5.74, 6) is -4.18. The summed E-state index contributed by atoms with van der Waals surface area (Å²) in [6.07, 6.45) is -0.484. The zero-order chi connectivity index (χ0) is 11.9. The molecule has 2 rings (SSSR count). The van der Waals surface area contributed by atoms with Crippen LogP contribution in [0.5, 0.6) is 0 Å². The maximum atomic E-state index is 13.5. The molecule has 0 saturated carbocycles. The van der Waals surface area contributed by atoms with Crippen LogP contribution >= 0.6 is 0 Å². The monoisotopic (exact) mass is 232 g/mol. The van der Waals surface area contributed by atoms with E-state index in [1.165, 1.54) is 0 Å². The fourth-order valence-electron chi connectivity index (χ4n) is 1.95. The van der Waals surface area contributed by atoms with Gasteiger partial charge in [-0.15, -0.1) is 0 Å². The van der Waals surface area contributed by atoms with E-state index in [4.69, 9.17) is 4.74 Å². The minimum absolute atomic E-state index is 0.163. The number of ether oxygens (including phenoxy) is 1. The summed E-state index contributed by atoms with van der Waals surface area (Å²) in [6, 6.07) is 1.86. The van der Waals surface area contributed by atoms with Crippen LogP contribution in [0.15, 0.2) is 12.1 Å². The Hall–Kier alpha value is -1.07. The van der Waals surface area contributed by atoms with E-state index >= 15 is 0 Å². The zero-order valence-electron chi connectivity index (χ0n) is 8.64. The molecule has 0 amide bonds. The topological polar surface area (TPSA) is 29.5 Å². The Bertz CT molecular complexity index is 422. The summed E-state index contributed by atoms with van der Waals surface area (Å²) < 4.78 is 44.4. The smallest absolute Gasteiger partial charge is 0.194 e. The highest BCUT2D eigenvalue weighted by atomic mass is 19.2. The van der Waals surface area contributed by atoms with E-state index in [9.17, 15) is 18.3 Å². The van der Waals surface area contributed by atoms with Gasteiger partial charge < -0.3 is 9.84 Å². The average Bonchev–Trinajstić information content (AvgIpc) is 2.57. The number of halogens is 3. The first kappa shape index (κ1) is 11.4. The third kappa shape index (κ3) is 1.51. The SMILES string of the molecule is CC1OCCC1(O)c1ccc(F)c(F)c1F. The number of rotatable bonds is 1. The lowest BCUT2D eigenvalue weighted by Gasteiger charge is -2.26. The maximum absolute atomic E-state index is 13.5. The van der Waals surface area contributed by atoms with Crippen LogP contribution in [0.1, 0.15) is 18.9 Å². The number of hydrogen-bond acceptors (Lipinski definition) is 2. The van der Waals surface area contributed by atoms with Crippen LogP contribution < -0.4 is 0 Å². The molecule has 1 aromatic carbocycles. The van der Waals surface area contributed by atoms with Crippen molar-refractivity contribution >= 4 is 0 Å². The summed E-state index contributed by atoms with van der Waals surface area (Å²) in [5, 5.41) is 10.2. The number of benzene rings is 1. The lowest BCUT2D eigenvalue weighted by molar-refractivity contribution is -0.0344. The Balaban J connectivity index is 2.52. The van der Waals surface area contributed by atoms with Gasteiger partial charge in [0, 0.05) is 12.0 Å². The molecule has 0 aromatic heterocycles. The summed E-state index contributed by atoms with van der Waals surface area (Å²) >= 11 is 0. The Morgan fingerprint density at radius 2 is 2.00 bits per heavy atom. The van der Waals surface area contributed by atoms with Gasteiger partial charge in [-0.25, -0.2) is 13.2 Å². The van der Waals surface area contributed by atoms with Gasteiger partial charge in [0.05, 0.1) is 12.7 Å². The van der Waals surface area contributed by atoms with Crippen molar-refractivity contribution < 1.29 is 23.0 Å². The molecule has 2 atom stereocenters. The Labute approximate surface area is 90.7 Å². The van der Waals surface area contributed by atoms with Crippen molar-refractivity contribution in [3.8, 4) is 0 Å². The molecule has 0 spiro atoms. The first-order valence-corrected chi connectivity index (χ1v) is 4.95. The van der Waals surface area contributed by atoms with Crippen LogP contribution in [0.4, 0.5) is 13.2 Å². The van der Waals surface area contributed by atoms with E-state index < -0.39 is 29.2 Å². The van der Waals surface area contributed by atoms with Gasteiger partial charge in [-0.05, 0) is 19.1 Å². The zero-order valence-corrected chi connectivity index (χ0v) is 8.64. The molecule has 0 aliphatic carbocycles. The van der Waals surface area contributed by atoms with Crippen LogP contribution in [0.25, 0.3) is 0 Å². The van der Waals surface area contributed by atoms with Gasteiger partial charge in [0.15, 0.2) is 17.5 Å². The molecule has 5 heteroatoms. The van der Waals surface area contributed by atoms with E-state index in [1.54, 1.807) is 6.92 Å². The van der Waals surface area contributed by atoms with Crippen LogP contribution in [-0.2, 0) is 10.3 Å². The van der Waals surface area contributed by atoms with Crippen molar-refractivity contribution in [2.75, 3.05) is 6.61 Å². The highest BCUT2D eigenvalue weighted by Crippen LogP contribution is 2.37. The van der Waals surface area contributed by atoms with Crippen LogP contribution in [0.2, 0.25) is 0 Å². The molecule has 0 radical (unpaired) electrons. The minimum Gasteiger partial charge on any atom is -0.382 e. The van der Waals surface area contributed by atoms with Crippen LogP contribution in [-0.4, -0.2) is 17.8 Å². The quantitative estimate of drug-likeness (QED) is 0.751. The first-order valence-electron chi connectivity index (χ1n) is 4.95. The van der Waals surface area contributed by atoms with Gasteiger partial charge >= 0.3 is 0 Å². The van der Waals surface area contributed by atoms with Gasteiger partial charge in [0.2, 0.25) is 0 Å². The average molecular weight is 232 g/mol. The van der Waals surface area contributed by atoms with E-state index in [0.717, 1.165) is 12.1 Å². The highest BCUT2D eigenvalue weighted by Gasteiger charge is 2.43. The predicted octanol–water partition coefficient (Wildman–Crippen LogP) is 2.10. The first-order chi connectivity index (χ1) is 7.47. The van der Waals surface area contributed by atoms with Crippen molar-refractivity contribution in [2.45, 2.75) is 25.0 Å². The van der Waals surface area contributed by atoms with Crippen LogP contribution in [0, 0.1) is 17.5 Å². The van der Waals surface area contributed by atoms with E-state index in [0.29, 0.717) is 0 Å². The van der Waals surface area contributed by atoms with Gasteiger partial charge in [-0.3, -0.25) is 0 Å². The molecule has 88 valence electrons. The molecule has 1 aliphatic rings. The lowest BCUT2D eigenvalue weighted by Crippen LogP contribution is -2.34. The second-order valence-electron chi connectivity index (χ2n) is 3.91. The van der Waals surface area contributed by atoms with Crippen molar-refractivity contribution in [2.24, 2.45) is 0 Å². The van der Waals surface area contributed by atoms with Crippen molar-refractivity contribution in [3.05, 3.63) is 35.1 Å². The van der Waals surface area contributed by atoms with Gasteiger partial charge in [-0.2, -0.15) is 0 Å². The fraction of sp³-hybridized carbons (Fsp3) is 0.455. The molecule has 1 saturated heterocycles. The van der Waals surface area contributed by atoms with Gasteiger partial charge in [0.25, 0.3) is 0 Å². The minimum atomic E-state index is -1.58. The molecule has 1 fully saturated rings. The maximum Gasteiger partial charge on any atom is 0.194 e. The Kier molecular flexibility index (Phi) is 2.67. The Morgan fingerprint density at radius 1 is 1.31 bits per heavy atom. The number of hydrogen-bond donors (Lipinski definition) is 1. The van der Waals surface area contributed by atoms with Crippen molar-refractivity contribution in [1.82, 2.24) is 0 Å². The molecule has 1 aliphatic heterocycles. The molecule has 1 N–H and O–H groups in total. The summed E-state index contributed by atoms with van der Waals surface area (Å²) in [5.41, 5.74) is -1.84. The van der Waals surface area contributed by atoms with Crippen molar-refractivity contribution in [1.29, 1.82) is 0 Å². The number of aliphatic hydroxyl groups is 1. The third-order valence-corrected chi connectivity index (χ3v) is 3.03. The fourth-order valence-corrected chi connectivity index (χ4v) is 1.95. The van der Waals surface area contributed by atoms with Crippen LogP contribution in [0.3, 0.4) is 0 Å². The molecule has 0 bridgehead atoms. The summed E-state index contributed by atoms with van der Waals surface area (Å²) in [7, 11) is 0. The summed E-state index contributed by atoms with van der Waals surface area (Å²) in [6.45, 7) is 1.82. The molecule has 1 heterocycles. The second kappa shape index (κ2) is 3.75. The Morgan fingerprint density at radius 3 is 2.56 bits per heavy atom. The molecule has 1 aromatic rings. The molecule has 16 heavy (non-hydrogen) atoms. The highest BCUT2D eigenvalue weighted by molar-refractivity contribution is 5.28. The third-order valence-electron chi connectivity index (χ3n) is 3.03. The summed E-state index contributed by atoms with van der Waals surface area (Å²) in [4.78, 5) is 0. The molecular weight excluding hydrogens is 221 g/mol. The van der Waals surface area contributed by atoms with E-state index in [-0.39, 0.29) is 18.6 Å².